The number of hydrogen-bond donors (Lipinski definition) is 2. The maximum atomic E-state index is 12.3. The molecule has 0 aliphatic carbocycles. The molecule has 0 spiro atoms. The fourth-order valence-electron chi connectivity index (χ4n) is 3.09. The molecule has 152 valence electrons. The Morgan fingerprint density at radius 3 is 2.59 bits per heavy atom. The van der Waals surface area contributed by atoms with Crippen LogP contribution in [0.5, 0.6) is 0 Å². The second-order valence-corrected chi connectivity index (χ2v) is 7.01. The first kappa shape index (κ1) is 20.8. The highest BCUT2D eigenvalue weighted by molar-refractivity contribution is 7.80. The van der Waals surface area contributed by atoms with Gasteiger partial charge >= 0.3 is 5.97 Å². The number of nitrogens with one attached hydrogen (secondary N) is 2. The molecule has 0 bridgehead atoms. The number of methoxy groups -OCH3 is 1. The zero-order valence-corrected chi connectivity index (χ0v) is 17.2. The Bertz CT molecular complexity index is 926. The van der Waals surface area contributed by atoms with Gasteiger partial charge in [0, 0.05) is 24.3 Å². The molecule has 2 aromatic carbocycles. The van der Waals surface area contributed by atoms with Gasteiger partial charge in [0.2, 0.25) is 0 Å². The van der Waals surface area contributed by atoms with Gasteiger partial charge in [-0.2, -0.15) is 0 Å². The van der Waals surface area contributed by atoms with Gasteiger partial charge in [0.15, 0.2) is 5.11 Å². The van der Waals surface area contributed by atoms with Crippen molar-refractivity contribution in [1.29, 1.82) is 0 Å². The van der Waals surface area contributed by atoms with E-state index in [2.05, 4.69) is 15.5 Å². The lowest BCUT2D eigenvalue weighted by Gasteiger charge is -2.30. The van der Waals surface area contributed by atoms with Crippen LogP contribution in [0.2, 0.25) is 0 Å². The molecule has 7 nitrogen and oxygen atoms in total. The van der Waals surface area contributed by atoms with Crippen molar-refractivity contribution in [2.24, 2.45) is 0 Å². The molecule has 1 amide bonds. The summed E-state index contributed by atoms with van der Waals surface area (Å²) in [6, 6.07) is 12.5. The number of anilines is 2. The third-order valence-electron chi connectivity index (χ3n) is 4.52. The van der Waals surface area contributed by atoms with Crippen LogP contribution in [0.25, 0.3) is 0 Å². The summed E-state index contributed by atoms with van der Waals surface area (Å²) in [7, 11) is 1.35. The molecule has 0 saturated carbocycles. The number of thiocarbonyl (C=S) groups is 1. The summed E-state index contributed by atoms with van der Waals surface area (Å²) in [5.41, 5.74) is 3.29. The minimum absolute atomic E-state index is 0.145. The van der Waals surface area contributed by atoms with Gasteiger partial charge in [-0.3, -0.25) is 10.1 Å². The number of carbonyl (C=O) groups excluding carboxylic acids is 2. The number of nitrogens with zero attached hydrogens (tertiary/aromatic N) is 1. The van der Waals surface area contributed by atoms with Crippen LogP contribution in [-0.4, -0.2) is 50.4 Å². The largest absolute Gasteiger partial charge is 0.465 e. The molecule has 8 heteroatoms. The third kappa shape index (κ3) is 5.30. The first-order valence-corrected chi connectivity index (χ1v) is 9.63. The van der Waals surface area contributed by atoms with E-state index >= 15 is 0 Å². The van der Waals surface area contributed by atoms with Crippen molar-refractivity contribution >= 4 is 40.6 Å². The SMILES string of the molecule is COC(=O)c1cc(NC(=S)NC(=O)c2cccc(C)c2)ccc1N1CCOCC1. The van der Waals surface area contributed by atoms with Crippen LogP contribution in [0.15, 0.2) is 42.5 Å². The summed E-state index contributed by atoms with van der Waals surface area (Å²) in [4.78, 5) is 26.7. The highest BCUT2D eigenvalue weighted by atomic mass is 32.1. The Balaban J connectivity index is 1.73. The Morgan fingerprint density at radius 1 is 1.14 bits per heavy atom. The second kappa shape index (κ2) is 9.49. The topological polar surface area (TPSA) is 79.9 Å². The monoisotopic (exact) mass is 413 g/mol. The summed E-state index contributed by atoms with van der Waals surface area (Å²) < 4.78 is 10.3. The van der Waals surface area contributed by atoms with Crippen LogP contribution in [0.3, 0.4) is 0 Å². The van der Waals surface area contributed by atoms with E-state index in [1.165, 1.54) is 7.11 Å². The molecule has 3 rings (SSSR count). The summed E-state index contributed by atoms with van der Waals surface area (Å²) in [6.45, 7) is 4.52. The number of hydrogen-bond acceptors (Lipinski definition) is 6. The first-order valence-electron chi connectivity index (χ1n) is 9.22. The summed E-state index contributed by atoms with van der Waals surface area (Å²) >= 11 is 5.25. The van der Waals surface area contributed by atoms with Gasteiger partial charge in [-0.25, -0.2) is 4.79 Å². The minimum atomic E-state index is -0.440. The number of benzene rings is 2. The van der Waals surface area contributed by atoms with Crippen molar-refractivity contribution in [2.45, 2.75) is 6.92 Å². The molecular formula is C21H23N3O4S. The van der Waals surface area contributed by atoms with Crippen molar-refractivity contribution in [3.05, 3.63) is 59.2 Å². The highest BCUT2D eigenvalue weighted by Gasteiger charge is 2.20. The van der Waals surface area contributed by atoms with E-state index in [-0.39, 0.29) is 11.0 Å². The average Bonchev–Trinajstić information content (AvgIpc) is 2.73. The molecule has 0 atom stereocenters. The van der Waals surface area contributed by atoms with E-state index < -0.39 is 5.97 Å². The number of amides is 1. The predicted octanol–water partition coefficient (Wildman–Crippen LogP) is 2.75. The van der Waals surface area contributed by atoms with Crippen LogP contribution >= 0.6 is 12.2 Å². The Kier molecular flexibility index (Phi) is 6.79. The molecule has 0 aromatic heterocycles. The number of esters is 1. The van der Waals surface area contributed by atoms with E-state index in [0.717, 1.165) is 11.3 Å². The van der Waals surface area contributed by atoms with Gasteiger partial charge in [0.1, 0.15) is 0 Å². The van der Waals surface area contributed by atoms with Crippen molar-refractivity contribution < 1.29 is 19.1 Å². The normalized spacial score (nSPS) is 13.5. The fraction of sp³-hybridized carbons (Fsp3) is 0.286. The molecule has 1 aliphatic heterocycles. The van der Waals surface area contributed by atoms with Crippen molar-refractivity contribution in [3.63, 3.8) is 0 Å². The highest BCUT2D eigenvalue weighted by Crippen LogP contribution is 2.26. The van der Waals surface area contributed by atoms with Crippen LogP contribution in [-0.2, 0) is 9.47 Å². The van der Waals surface area contributed by atoms with E-state index in [9.17, 15) is 9.59 Å². The fourth-order valence-corrected chi connectivity index (χ4v) is 3.30. The molecule has 1 fully saturated rings. The number of aryl methyl sites for hydroxylation is 1. The molecule has 1 aliphatic rings. The van der Waals surface area contributed by atoms with Gasteiger partial charge in [0.05, 0.1) is 31.6 Å². The average molecular weight is 413 g/mol. The smallest absolute Gasteiger partial charge is 0.340 e. The first-order chi connectivity index (χ1) is 14.0. The zero-order valence-electron chi connectivity index (χ0n) is 16.4. The van der Waals surface area contributed by atoms with E-state index in [0.29, 0.717) is 43.1 Å². The quantitative estimate of drug-likeness (QED) is 0.589. The zero-order chi connectivity index (χ0) is 20.8. The van der Waals surface area contributed by atoms with Crippen molar-refractivity contribution in [2.75, 3.05) is 43.6 Å². The minimum Gasteiger partial charge on any atom is -0.465 e. The van der Waals surface area contributed by atoms with E-state index in [4.69, 9.17) is 21.7 Å². The van der Waals surface area contributed by atoms with Gasteiger partial charge in [-0.1, -0.05) is 17.7 Å². The van der Waals surface area contributed by atoms with Crippen molar-refractivity contribution in [1.82, 2.24) is 5.32 Å². The molecule has 2 N–H and O–H groups in total. The van der Waals surface area contributed by atoms with Crippen molar-refractivity contribution in [3.8, 4) is 0 Å². The maximum Gasteiger partial charge on any atom is 0.340 e. The number of ether oxygens (including phenoxy) is 2. The predicted molar refractivity (Wildman–Crippen MR) is 116 cm³/mol. The van der Waals surface area contributed by atoms with Gasteiger partial charge in [-0.15, -0.1) is 0 Å². The Hall–Kier alpha value is -2.97. The van der Waals surface area contributed by atoms with E-state index in [1.54, 1.807) is 18.2 Å². The van der Waals surface area contributed by atoms with Crippen LogP contribution in [0.1, 0.15) is 26.3 Å². The lowest BCUT2D eigenvalue weighted by molar-refractivity contribution is 0.0600. The van der Waals surface area contributed by atoms with Gasteiger partial charge < -0.3 is 19.7 Å². The molecule has 1 saturated heterocycles. The summed E-state index contributed by atoms with van der Waals surface area (Å²) in [5.74, 6) is -0.741. The van der Waals surface area contributed by atoms with Crippen LogP contribution in [0.4, 0.5) is 11.4 Å². The van der Waals surface area contributed by atoms with Gasteiger partial charge in [0.25, 0.3) is 5.91 Å². The number of morpholine rings is 1. The lowest BCUT2D eigenvalue weighted by Crippen LogP contribution is -2.37. The summed E-state index contributed by atoms with van der Waals surface area (Å²) in [5, 5.41) is 5.75. The third-order valence-corrected chi connectivity index (χ3v) is 4.72. The molecule has 2 aromatic rings. The Morgan fingerprint density at radius 2 is 1.90 bits per heavy atom. The molecule has 1 heterocycles. The standard InChI is InChI=1S/C21H23N3O4S/c1-14-4-3-5-15(12-14)19(25)23-21(29)22-16-6-7-18(17(13-16)20(26)27-2)24-8-10-28-11-9-24/h3-7,12-13H,8-11H2,1-2H3,(H2,22,23,25,29). The maximum absolute atomic E-state index is 12.3. The summed E-state index contributed by atoms with van der Waals surface area (Å²) in [6.07, 6.45) is 0. The lowest BCUT2D eigenvalue weighted by atomic mass is 10.1. The number of carbonyl (C=O) groups is 2. The van der Waals surface area contributed by atoms with Gasteiger partial charge in [-0.05, 0) is 49.5 Å². The Labute approximate surface area is 175 Å². The van der Waals surface area contributed by atoms with Crippen LogP contribution < -0.4 is 15.5 Å². The second-order valence-electron chi connectivity index (χ2n) is 6.60. The molecule has 0 unspecified atom stereocenters. The molecule has 29 heavy (non-hydrogen) atoms. The molecule has 0 radical (unpaired) electrons. The number of rotatable bonds is 4. The van der Waals surface area contributed by atoms with E-state index in [1.807, 2.05) is 31.2 Å². The molecular weight excluding hydrogens is 390 g/mol. The van der Waals surface area contributed by atoms with Crippen LogP contribution in [0, 0.1) is 6.92 Å².